The van der Waals surface area contributed by atoms with E-state index < -0.39 is 0 Å². The van der Waals surface area contributed by atoms with Crippen molar-refractivity contribution in [2.75, 3.05) is 0 Å². The molecule has 1 aromatic heterocycles. The fourth-order valence-electron chi connectivity index (χ4n) is 1.93. The Morgan fingerprint density at radius 1 is 1.05 bits per heavy atom. The molecule has 0 atom stereocenters. The second-order valence-electron chi connectivity index (χ2n) is 4.30. The first-order valence-electron chi connectivity index (χ1n) is 6.14. The van der Waals surface area contributed by atoms with Crippen LogP contribution in [0.4, 0.5) is 0 Å². The topological polar surface area (TPSA) is 26.3 Å². The third-order valence-corrected chi connectivity index (χ3v) is 4.59. The molecule has 1 heterocycles. The molecule has 0 aliphatic heterocycles. The molecule has 0 bridgehead atoms. The van der Waals surface area contributed by atoms with Crippen molar-refractivity contribution in [2.45, 2.75) is 6.61 Å². The van der Waals surface area contributed by atoms with Crippen LogP contribution >= 0.6 is 22.9 Å². The van der Waals surface area contributed by atoms with Gasteiger partial charge in [0.25, 0.3) is 0 Å². The molecule has 2 aromatic carbocycles. The molecule has 4 heteroatoms. The summed E-state index contributed by atoms with van der Waals surface area (Å²) >= 11 is 7.60. The first-order chi connectivity index (χ1) is 9.75. The monoisotopic (exact) mass is 302 g/mol. The zero-order valence-corrected chi connectivity index (χ0v) is 12.1. The number of thiophene rings is 1. The van der Waals surface area contributed by atoms with Crippen LogP contribution in [0.25, 0.3) is 10.1 Å². The van der Waals surface area contributed by atoms with Gasteiger partial charge in [-0.3, -0.25) is 0 Å². The lowest BCUT2D eigenvalue weighted by Gasteiger charge is -2.03. The standard InChI is InChI=1S/C16H11ClO2S/c17-14-12-8-4-5-9-13(12)20-15(14)16(18)19-10-11-6-2-1-3-7-11/h1-9H,10H2. The molecule has 100 valence electrons. The van der Waals surface area contributed by atoms with Gasteiger partial charge in [0.05, 0.1) is 5.02 Å². The number of benzene rings is 2. The number of hydrogen-bond donors (Lipinski definition) is 0. The quantitative estimate of drug-likeness (QED) is 0.642. The Bertz CT molecular complexity index is 750. The highest BCUT2D eigenvalue weighted by atomic mass is 35.5. The van der Waals surface area contributed by atoms with Crippen molar-refractivity contribution < 1.29 is 9.53 Å². The lowest BCUT2D eigenvalue weighted by atomic mass is 10.2. The van der Waals surface area contributed by atoms with Gasteiger partial charge in [-0.15, -0.1) is 11.3 Å². The van der Waals surface area contributed by atoms with E-state index >= 15 is 0 Å². The minimum Gasteiger partial charge on any atom is -0.457 e. The lowest BCUT2D eigenvalue weighted by Crippen LogP contribution is -2.03. The Hall–Kier alpha value is -1.84. The van der Waals surface area contributed by atoms with Gasteiger partial charge in [-0.1, -0.05) is 60.1 Å². The van der Waals surface area contributed by atoms with Crippen LogP contribution in [0.15, 0.2) is 54.6 Å². The van der Waals surface area contributed by atoms with Gasteiger partial charge >= 0.3 is 5.97 Å². The van der Waals surface area contributed by atoms with Gasteiger partial charge in [0.1, 0.15) is 11.5 Å². The number of carbonyl (C=O) groups is 1. The molecule has 0 radical (unpaired) electrons. The van der Waals surface area contributed by atoms with Crippen LogP contribution in [-0.2, 0) is 11.3 Å². The maximum Gasteiger partial charge on any atom is 0.350 e. The summed E-state index contributed by atoms with van der Waals surface area (Å²) in [5.74, 6) is -0.375. The van der Waals surface area contributed by atoms with E-state index in [9.17, 15) is 4.79 Å². The Morgan fingerprint density at radius 3 is 2.50 bits per heavy atom. The number of hydrogen-bond acceptors (Lipinski definition) is 3. The number of carbonyl (C=O) groups excluding carboxylic acids is 1. The van der Waals surface area contributed by atoms with E-state index in [2.05, 4.69) is 0 Å². The third-order valence-electron chi connectivity index (χ3n) is 2.93. The Morgan fingerprint density at radius 2 is 1.75 bits per heavy atom. The van der Waals surface area contributed by atoms with Crippen molar-refractivity contribution in [1.29, 1.82) is 0 Å². The predicted octanol–water partition coefficient (Wildman–Crippen LogP) is 4.91. The van der Waals surface area contributed by atoms with Gasteiger partial charge in [-0.05, 0) is 11.6 Å². The molecular formula is C16H11ClO2S. The third kappa shape index (κ3) is 2.55. The lowest BCUT2D eigenvalue weighted by molar-refractivity contribution is 0.0479. The highest BCUT2D eigenvalue weighted by Crippen LogP contribution is 2.35. The minimum absolute atomic E-state index is 0.254. The summed E-state index contributed by atoms with van der Waals surface area (Å²) in [6.45, 7) is 0.254. The second-order valence-corrected chi connectivity index (χ2v) is 5.73. The summed E-state index contributed by atoms with van der Waals surface area (Å²) in [4.78, 5) is 12.6. The van der Waals surface area contributed by atoms with Crippen LogP contribution in [-0.4, -0.2) is 5.97 Å². The molecule has 0 saturated heterocycles. The Kier molecular flexibility index (Phi) is 3.72. The normalized spacial score (nSPS) is 10.7. The molecule has 0 N–H and O–H groups in total. The maximum absolute atomic E-state index is 12.1. The van der Waals surface area contributed by atoms with Crippen LogP contribution in [0.2, 0.25) is 5.02 Å². The summed E-state index contributed by atoms with van der Waals surface area (Å²) in [5, 5.41) is 1.37. The Labute approximate surface area is 125 Å². The van der Waals surface area contributed by atoms with E-state index in [4.69, 9.17) is 16.3 Å². The summed E-state index contributed by atoms with van der Waals surface area (Å²) in [5.41, 5.74) is 0.957. The van der Waals surface area contributed by atoms with Crippen molar-refractivity contribution >= 4 is 39.0 Å². The average Bonchev–Trinajstić information content (AvgIpc) is 2.84. The summed E-state index contributed by atoms with van der Waals surface area (Å²) in [7, 11) is 0. The molecule has 0 amide bonds. The average molecular weight is 303 g/mol. The molecule has 0 fully saturated rings. The van der Waals surface area contributed by atoms with Crippen LogP contribution in [0.5, 0.6) is 0 Å². The van der Waals surface area contributed by atoms with E-state index in [-0.39, 0.29) is 12.6 Å². The van der Waals surface area contributed by atoms with Gasteiger partial charge < -0.3 is 4.74 Å². The van der Waals surface area contributed by atoms with E-state index in [0.717, 1.165) is 15.6 Å². The number of rotatable bonds is 3. The van der Waals surface area contributed by atoms with E-state index in [1.807, 2.05) is 54.6 Å². The van der Waals surface area contributed by atoms with Crippen molar-refractivity contribution in [3.63, 3.8) is 0 Å². The molecule has 20 heavy (non-hydrogen) atoms. The SMILES string of the molecule is O=C(OCc1ccccc1)c1sc2ccccc2c1Cl. The number of esters is 1. The van der Waals surface area contributed by atoms with Crippen LogP contribution in [0, 0.1) is 0 Å². The van der Waals surface area contributed by atoms with Gasteiger partial charge in [-0.2, -0.15) is 0 Å². The largest absolute Gasteiger partial charge is 0.457 e. The smallest absolute Gasteiger partial charge is 0.350 e. The number of ether oxygens (including phenoxy) is 1. The molecular weight excluding hydrogens is 292 g/mol. The zero-order valence-electron chi connectivity index (χ0n) is 10.5. The van der Waals surface area contributed by atoms with E-state index in [0.29, 0.717) is 9.90 Å². The first-order valence-corrected chi connectivity index (χ1v) is 7.33. The number of fused-ring (bicyclic) bond motifs is 1. The molecule has 2 nitrogen and oxygen atoms in total. The highest BCUT2D eigenvalue weighted by Gasteiger charge is 2.18. The summed E-state index contributed by atoms with van der Waals surface area (Å²) in [6, 6.07) is 17.3. The van der Waals surface area contributed by atoms with E-state index in [1.165, 1.54) is 11.3 Å². The molecule has 0 aliphatic carbocycles. The summed E-state index contributed by atoms with van der Waals surface area (Å²) < 4.78 is 6.30. The zero-order chi connectivity index (χ0) is 13.9. The number of halogens is 1. The van der Waals surface area contributed by atoms with Crippen molar-refractivity contribution in [3.05, 3.63) is 70.1 Å². The van der Waals surface area contributed by atoms with E-state index in [1.54, 1.807) is 0 Å². The molecule has 3 rings (SSSR count). The van der Waals surface area contributed by atoms with Gasteiger partial charge in [-0.25, -0.2) is 4.79 Å². The minimum atomic E-state index is -0.375. The van der Waals surface area contributed by atoms with Crippen LogP contribution in [0.1, 0.15) is 15.2 Å². The second kappa shape index (κ2) is 5.65. The summed E-state index contributed by atoms with van der Waals surface area (Å²) in [6.07, 6.45) is 0. The van der Waals surface area contributed by atoms with Crippen molar-refractivity contribution in [3.8, 4) is 0 Å². The van der Waals surface area contributed by atoms with Crippen LogP contribution < -0.4 is 0 Å². The fraction of sp³-hybridized carbons (Fsp3) is 0.0625. The molecule has 0 unspecified atom stereocenters. The first kappa shape index (κ1) is 13.2. The fourth-order valence-corrected chi connectivity index (χ4v) is 3.34. The molecule has 0 aliphatic rings. The van der Waals surface area contributed by atoms with Crippen LogP contribution in [0.3, 0.4) is 0 Å². The maximum atomic E-state index is 12.1. The van der Waals surface area contributed by atoms with Crippen molar-refractivity contribution in [2.24, 2.45) is 0 Å². The van der Waals surface area contributed by atoms with Gasteiger partial charge in [0, 0.05) is 10.1 Å². The highest BCUT2D eigenvalue weighted by molar-refractivity contribution is 7.21. The van der Waals surface area contributed by atoms with Gasteiger partial charge in [0.15, 0.2) is 0 Å². The predicted molar refractivity (Wildman–Crippen MR) is 82.4 cm³/mol. The van der Waals surface area contributed by atoms with Gasteiger partial charge in [0.2, 0.25) is 0 Å². The molecule has 0 spiro atoms. The van der Waals surface area contributed by atoms with Crippen molar-refractivity contribution in [1.82, 2.24) is 0 Å². The molecule has 0 saturated carbocycles. The Balaban J connectivity index is 1.81. The molecule has 3 aromatic rings.